The van der Waals surface area contributed by atoms with Crippen LogP contribution in [0.2, 0.25) is 0 Å². The number of methoxy groups -OCH3 is 1. The molecule has 94 valence electrons. The zero-order valence-corrected chi connectivity index (χ0v) is 10.8. The highest BCUT2D eigenvalue weighted by Crippen LogP contribution is 2.14. The van der Waals surface area contributed by atoms with E-state index >= 15 is 0 Å². The van der Waals surface area contributed by atoms with Crippen molar-refractivity contribution >= 4 is 11.9 Å². The summed E-state index contributed by atoms with van der Waals surface area (Å²) in [4.78, 5) is 19.6. The summed E-state index contributed by atoms with van der Waals surface area (Å²) in [6.07, 6.45) is 0.310. The number of nitrogens with one attached hydrogen (secondary N) is 1. The van der Waals surface area contributed by atoms with Gasteiger partial charge in [-0.15, -0.1) is 0 Å². The number of carbonyl (C=O) groups is 1. The third-order valence-electron chi connectivity index (χ3n) is 2.31. The summed E-state index contributed by atoms with van der Waals surface area (Å²) in [5.74, 6) is 0.685. The number of hydrogen-bond donors (Lipinski definition) is 1. The molecule has 0 aliphatic heterocycles. The van der Waals surface area contributed by atoms with Crippen LogP contribution in [0.1, 0.15) is 37.6 Å². The van der Waals surface area contributed by atoms with Gasteiger partial charge in [-0.25, -0.2) is 9.97 Å². The predicted molar refractivity (Wildman–Crippen MR) is 66.0 cm³/mol. The lowest BCUT2D eigenvalue weighted by Gasteiger charge is -2.09. The molecular weight excluding hydrogens is 218 g/mol. The molecule has 0 radical (unpaired) electrons. The minimum absolute atomic E-state index is 0.241. The lowest BCUT2D eigenvalue weighted by molar-refractivity contribution is -0.140. The molecule has 0 aliphatic carbocycles. The molecule has 0 unspecified atom stereocenters. The Balaban J connectivity index is 2.62. The number of nitrogens with zero attached hydrogens (tertiary/aromatic N) is 2. The Hall–Kier alpha value is -1.65. The largest absolute Gasteiger partial charge is 0.469 e. The van der Waals surface area contributed by atoms with E-state index in [1.165, 1.54) is 7.11 Å². The van der Waals surface area contributed by atoms with Crippen molar-refractivity contribution in [2.75, 3.05) is 19.0 Å². The summed E-state index contributed by atoms with van der Waals surface area (Å²) < 4.78 is 4.55. The average Bonchev–Trinajstić information content (AvgIpc) is 2.28. The smallest absolute Gasteiger partial charge is 0.307 e. The fourth-order valence-electron chi connectivity index (χ4n) is 1.35. The highest BCUT2D eigenvalue weighted by Gasteiger charge is 2.06. The molecule has 0 spiro atoms. The molecule has 0 atom stereocenters. The lowest BCUT2D eigenvalue weighted by atomic mass is 10.1. The number of ether oxygens (including phenoxy) is 1. The zero-order chi connectivity index (χ0) is 12.8. The Morgan fingerprint density at radius 1 is 1.47 bits per heavy atom. The molecule has 0 amide bonds. The maximum Gasteiger partial charge on any atom is 0.307 e. The van der Waals surface area contributed by atoms with E-state index < -0.39 is 0 Å². The van der Waals surface area contributed by atoms with E-state index in [1.807, 2.05) is 13.0 Å². The van der Waals surface area contributed by atoms with Gasteiger partial charge in [0, 0.05) is 17.9 Å². The van der Waals surface area contributed by atoms with E-state index in [-0.39, 0.29) is 5.97 Å². The van der Waals surface area contributed by atoms with Crippen LogP contribution >= 0.6 is 0 Å². The molecule has 0 saturated heterocycles. The first-order valence-electron chi connectivity index (χ1n) is 5.69. The van der Waals surface area contributed by atoms with Crippen molar-refractivity contribution in [1.29, 1.82) is 0 Å². The number of rotatable bonds is 5. The van der Waals surface area contributed by atoms with Gasteiger partial charge in [0.25, 0.3) is 0 Å². The van der Waals surface area contributed by atoms with E-state index in [9.17, 15) is 4.79 Å². The van der Waals surface area contributed by atoms with Crippen molar-refractivity contribution in [2.24, 2.45) is 0 Å². The standard InChI is InChI=1S/C12H19N3O2/c1-8(2)10-7-9(3)14-12(15-10)13-6-5-11(16)17-4/h7-8H,5-6H2,1-4H3,(H,13,14,15). The number of hydrogen-bond acceptors (Lipinski definition) is 5. The zero-order valence-electron chi connectivity index (χ0n) is 10.8. The molecule has 1 aromatic rings. The molecule has 0 bridgehead atoms. The van der Waals surface area contributed by atoms with Crippen molar-refractivity contribution in [3.05, 3.63) is 17.5 Å². The molecule has 0 aromatic carbocycles. The summed E-state index contributed by atoms with van der Waals surface area (Å²) >= 11 is 0. The average molecular weight is 237 g/mol. The first-order valence-corrected chi connectivity index (χ1v) is 5.69. The fourth-order valence-corrected chi connectivity index (χ4v) is 1.35. The molecule has 0 aliphatic rings. The summed E-state index contributed by atoms with van der Waals surface area (Å²) in [5, 5.41) is 3.02. The van der Waals surface area contributed by atoms with Crippen LogP contribution in [-0.2, 0) is 9.53 Å². The second-order valence-corrected chi connectivity index (χ2v) is 4.17. The van der Waals surface area contributed by atoms with Crippen LogP contribution in [0.15, 0.2) is 6.07 Å². The summed E-state index contributed by atoms with van der Waals surface area (Å²) in [6.45, 7) is 6.58. The molecule has 1 heterocycles. The van der Waals surface area contributed by atoms with E-state index in [0.29, 0.717) is 24.8 Å². The molecule has 5 heteroatoms. The topological polar surface area (TPSA) is 64.1 Å². The molecular formula is C12H19N3O2. The Morgan fingerprint density at radius 2 is 2.18 bits per heavy atom. The third kappa shape index (κ3) is 4.38. The highest BCUT2D eigenvalue weighted by molar-refractivity contribution is 5.69. The minimum atomic E-state index is -0.241. The Kier molecular flexibility index (Phi) is 4.87. The van der Waals surface area contributed by atoms with Crippen molar-refractivity contribution in [3.63, 3.8) is 0 Å². The first kappa shape index (κ1) is 13.4. The van der Waals surface area contributed by atoms with E-state index in [2.05, 4.69) is 33.9 Å². The van der Waals surface area contributed by atoms with E-state index in [1.54, 1.807) is 0 Å². The quantitative estimate of drug-likeness (QED) is 0.792. The molecule has 17 heavy (non-hydrogen) atoms. The maximum absolute atomic E-state index is 10.9. The third-order valence-corrected chi connectivity index (χ3v) is 2.31. The number of aromatic nitrogens is 2. The number of anilines is 1. The highest BCUT2D eigenvalue weighted by atomic mass is 16.5. The number of esters is 1. The molecule has 1 N–H and O–H groups in total. The van der Waals surface area contributed by atoms with Gasteiger partial charge in [-0.2, -0.15) is 0 Å². The van der Waals surface area contributed by atoms with Crippen LogP contribution in [0.4, 0.5) is 5.95 Å². The second kappa shape index (κ2) is 6.18. The van der Waals surface area contributed by atoms with Gasteiger partial charge < -0.3 is 10.1 Å². The first-order chi connectivity index (χ1) is 8.02. The van der Waals surface area contributed by atoms with Gasteiger partial charge in [0.1, 0.15) is 0 Å². The molecule has 1 rings (SSSR count). The van der Waals surface area contributed by atoms with Crippen LogP contribution in [0.25, 0.3) is 0 Å². The molecule has 0 fully saturated rings. The fraction of sp³-hybridized carbons (Fsp3) is 0.583. The monoisotopic (exact) mass is 237 g/mol. The maximum atomic E-state index is 10.9. The SMILES string of the molecule is COC(=O)CCNc1nc(C)cc(C(C)C)n1. The van der Waals surface area contributed by atoms with Crippen molar-refractivity contribution < 1.29 is 9.53 Å². The lowest BCUT2D eigenvalue weighted by Crippen LogP contribution is -2.12. The van der Waals surface area contributed by atoms with Gasteiger partial charge in [-0.3, -0.25) is 4.79 Å². The van der Waals surface area contributed by atoms with Gasteiger partial charge in [-0.05, 0) is 18.9 Å². The van der Waals surface area contributed by atoms with Crippen molar-refractivity contribution in [1.82, 2.24) is 9.97 Å². The van der Waals surface area contributed by atoms with Crippen LogP contribution in [0.5, 0.6) is 0 Å². The van der Waals surface area contributed by atoms with Gasteiger partial charge in [-0.1, -0.05) is 13.8 Å². The van der Waals surface area contributed by atoms with E-state index in [0.717, 1.165) is 11.4 Å². The van der Waals surface area contributed by atoms with Crippen LogP contribution < -0.4 is 5.32 Å². The van der Waals surface area contributed by atoms with Gasteiger partial charge in [0.05, 0.1) is 13.5 Å². The number of carbonyl (C=O) groups excluding carboxylic acids is 1. The Morgan fingerprint density at radius 3 is 2.76 bits per heavy atom. The van der Waals surface area contributed by atoms with Crippen LogP contribution in [0, 0.1) is 6.92 Å². The predicted octanol–water partition coefficient (Wildman–Crippen LogP) is 1.88. The molecule has 0 saturated carbocycles. The van der Waals surface area contributed by atoms with Crippen LogP contribution in [0.3, 0.4) is 0 Å². The number of aryl methyl sites for hydroxylation is 1. The Bertz CT molecular complexity index is 391. The summed E-state index contributed by atoms with van der Waals surface area (Å²) in [7, 11) is 1.38. The van der Waals surface area contributed by atoms with Gasteiger partial charge in [0.2, 0.25) is 5.95 Å². The Labute approximate surface area is 102 Å². The summed E-state index contributed by atoms with van der Waals surface area (Å²) in [6, 6.07) is 1.97. The van der Waals surface area contributed by atoms with Gasteiger partial charge >= 0.3 is 5.97 Å². The van der Waals surface area contributed by atoms with Crippen molar-refractivity contribution in [2.45, 2.75) is 33.1 Å². The van der Waals surface area contributed by atoms with Crippen LogP contribution in [-0.4, -0.2) is 29.6 Å². The second-order valence-electron chi connectivity index (χ2n) is 4.17. The summed E-state index contributed by atoms with van der Waals surface area (Å²) in [5.41, 5.74) is 1.92. The normalized spacial score (nSPS) is 10.4. The minimum Gasteiger partial charge on any atom is -0.469 e. The molecule has 5 nitrogen and oxygen atoms in total. The van der Waals surface area contributed by atoms with E-state index in [4.69, 9.17) is 0 Å². The van der Waals surface area contributed by atoms with Crippen molar-refractivity contribution in [3.8, 4) is 0 Å². The van der Waals surface area contributed by atoms with Gasteiger partial charge in [0.15, 0.2) is 0 Å². The molecule has 1 aromatic heterocycles.